The number of carboxylic acids is 1. The average molecular weight is 359 g/mol. The van der Waals surface area contributed by atoms with Crippen LogP contribution < -0.4 is 5.56 Å². The Morgan fingerprint density at radius 1 is 1.52 bits per heavy atom. The van der Waals surface area contributed by atoms with Gasteiger partial charge in [-0.25, -0.2) is 4.98 Å². The van der Waals surface area contributed by atoms with E-state index in [1.807, 2.05) is 17.9 Å². The van der Waals surface area contributed by atoms with E-state index >= 15 is 0 Å². The monoisotopic (exact) mass is 359 g/mol. The maximum Gasteiger partial charge on any atom is 0.320 e. The van der Waals surface area contributed by atoms with Crippen LogP contribution >= 0.6 is 11.3 Å². The van der Waals surface area contributed by atoms with Crippen molar-refractivity contribution in [2.24, 2.45) is 0 Å². The topological polar surface area (TPSA) is 115 Å². The standard InChI is InChI=1S/C16H17N5O3S/c1-8-9(6-17-20-8)12-5-10-14(25-12)15(22)19-13(18-10)7-21-4-2-3-11(21)16(23)24/h5-6,11H,2-4,7H2,1H3,(H,17,20)(H,23,24)(H,18,19,22)/t11-/m0/s1. The van der Waals surface area contributed by atoms with Crippen LogP contribution in [-0.2, 0) is 11.3 Å². The van der Waals surface area contributed by atoms with Crippen molar-refractivity contribution in [1.82, 2.24) is 25.1 Å². The van der Waals surface area contributed by atoms with Crippen molar-refractivity contribution in [2.45, 2.75) is 32.4 Å². The fourth-order valence-electron chi connectivity index (χ4n) is 3.28. The number of carboxylic acid groups (broad SMARTS) is 1. The second-order valence-corrected chi connectivity index (χ2v) is 7.27. The van der Waals surface area contributed by atoms with Crippen molar-refractivity contribution in [3.8, 4) is 10.4 Å². The fraction of sp³-hybridized carbons (Fsp3) is 0.375. The van der Waals surface area contributed by atoms with E-state index in [9.17, 15) is 14.7 Å². The van der Waals surface area contributed by atoms with Gasteiger partial charge in [-0.05, 0) is 32.4 Å². The number of nitrogens with zero attached hydrogens (tertiary/aromatic N) is 3. The summed E-state index contributed by atoms with van der Waals surface area (Å²) in [6.07, 6.45) is 3.20. The summed E-state index contributed by atoms with van der Waals surface area (Å²) in [4.78, 5) is 33.8. The molecule has 1 atom stereocenters. The molecule has 0 amide bonds. The predicted molar refractivity (Wildman–Crippen MR) is 93.6 cm³/mol. The highest BCUT2D eigenvalue weighted by Crippen LogP contribution is 2.32. The molecule has 4 heterocycles. The van der Waals surface area contributed by atoms with Crippen molar-refractivity contribution in [3.05, 3.63) is 34.1 Å². The molecule has 130 valence electrons. The van der Waals surface area contributed by atoms with Gasteiger partial charge in [-0.2, -0.15) is 5.10 Å². The van der Waals surface area contributed by atoms with Crippen LogP contribution in [0.1, 0.15) is 24.4 Å². The minimum atomic E-state index is -0.825. The fourth-order valence-corrected chi connectivity index (χ4v) is 4.34. The number of hydrogen-bond donors (Lipinski definition) is 3. The highest BCUT2D eigenvalue weighted by atomic mass is 32.1. The number of likely N-dealkylation sites (tertiary alicyclic amines) is 1. The number of H-pyrrole nitrogens is 2. The number of nitrogens with one attached hydrogen (secondary N) is 2. The summed E-state index contributed by atoms with van der Waals surface area (Å²) in [5.74, 6) is -0.326. The van der Waals surface area contributed by atoms with Gasteiger partial charge in [0.1, 0.15) is 16.6 Å². The number of rotatable bonds is 4. The Morgan fingerprint density at radius 3 is 3.08 bits per heavy atom. The number of fused-ring (bicyclic) bond motifs is 1. The molecule has 25 heavy (non-hydrogen) atoms. The number of hydrogen-bond acceptors (Lipinski definition) is 6. The smallest absolute Gasteiger partial charge is 0.320 e. The first-order chi connectivity index (χ1) is 12.0. The Morgan fingerprint density at radius 2 is 2.36 bits per heavy atom. The number of aromatic amines is 2. The zero-order chi connectivity index (χ0) is 17.6. The Balaban J connectivity index is 1.69. The molecule has 9 heteroatoms. The Hall–Kier alpha value is -2.52. The van der Waals surface area contributed by atoms with Gasteiger partial charge >= 0.3 is 5.97 Å². The molecule has 0 spiro atoms. The number of aromatic nitrogens is 4. The molecule has 4 rings (SSSR count). The van der Waals surface area contributed by atoms with E-state index in [2.05, 4.69) is 20.2 Å². The second kappa shape index (κ2) is 6.08. The first kappa shape index (κ1) is 16.0. The van der Waals surface area contributed by atoms with Gasteiger partial charge in [-0.1, -0.05) is 0 Å². The van der Waals surface area contributed by atoms with Crippen LogP contribution in [0.15, 0.2) is 17.1 Å². The third kappa shape index (κ3) is 2.85. The lowest BCUT2D eigenvalue weighted by Gasteiger charge is -2.19. The molecule has 0 unspecified atom stereocenters. The normalized spacial score (nSPS) is 18.2. The molecule has 1 saturated heterocycles. The minimum Gasteiger partial charge on any atom is -0.480 e. The van der Waals surface area contributed by atoms with Crippen LogP contribution in [0.3, 0.4) is 0 Å². The van der Waals surface area contributed by atoms with Crippen LogP contribution in [0.4, 0.5) is 0 Å². The van der Waals surface area contributed by atoms with Gasteiger partial charge in [0.25, 0.3) is 5.56 Å². The van der Waals surface area contributed by atoms with Gasteiger partial charge in [0.05, 0.1) is 18.3 Å². The van der Waals surface area contributed by atoms with Gasteiger partial charge in [-0.15, -0.1) is 11.3 Å². The summed E-state index contributed by atoms with van der Waals surface area (Å²) in [5, 5.41) is 16.2. The molecular formula is C16H17N5O3S. The van der Waals surface area contributed by atoms with Crippen LogP contribution in [0.5, 0.6) is 0 Å². The van der Waals surface area contributed by atoms with Crippen LogP contribution in [0.25, 0.3) is 20.7 Å². The number of thiophene rings is 1. The molecule has 1 aliphatic rings. The van der Waals surface area contributed by atoms with Gasteiger partial charge in [0.2, 0.25) is 0 Å². The predicted octanol–water partition coefficient (Wildman–Crippen LogP) is 1.73. The van der Waals surface area contributed by atoms with E-state index < -0.39 is 12.0 Å². The molecule has 3 aromatic rings. The van der Waals surface area contributed by atoms with Crippen molar-refractivity contribution < 1.29 is 9.90 Å². The van der Waals surface area contributed by atoms with Crippen molar-refractivity contribution in [1.29, 1.82) is 0 Å². The highest BCUT2D eigenvalue weighted by molar-refractivity contribution is 7.22. The lowest BCUT2D eigenvalue weighted by Crippen LogP contribution is -2.36. The number of aliphatic carboxylic acids is 1. The van der Waals surface area contributed by atoms with Gasteiger partial charge in [-0.3, -0.25) is 19.6 Å². The molecule has 8 nitrogen and oxygen atoms in total. The van der Waals surface area contributed by atoms with Gasteiger partial charge in [0, 0.05) is 16.1 Å². The molecule has 0 aromatic carbocycles. The average Bonchev–Trinajstić information content (AvgIpc) is 3.26. The summed E-state index contributed by atoms with van der Waals surface area (Å²) in [6.45, 7) is 2.95. The van der Waals surface area contributed by atoms with Gasteiger partial charge in [0.15, 0.2) is 0 Å². The first-order valence-corrected chi connectivity index (χ1v) is 8.84. The SMILES string of the molecule is Cc1[nH]ncc1-c1cc2nc(CN3CCC[C@H]3C(=O)O)[nH]c(=O)c2s1. The molecule has 0 radical (unpaired) electrons. The zero-order valence-electron chi connectivity index (χ0n) is 13.6. The van der Waals surface area contributed by atoms with Crippen LogP contribution in [0.2, 0.25) is 0 Å². The Kier molecular flexibility index (Phi) is 3.89. The van der Waals surface area contributed by atoms with Crippen molar-refractivity contribution >= 4 is 27.5 Å². The molecule has 3 aromatic heterocycles. The molecule has 0 bridgehead atoms. The molecule has 0 saturated carbocycles. The first-order valence-electron chi connectivity index (χ1n) is 8.03. The lowest BCUT2D eigenvalue weighted by molar-refractivity contribution is -0.142. The van der Waals surface area contributed by atoms with Crippen LogP contribution in [-0.4, -0.2) is 48.7 Å². The van der Waals surface area contributed by atoms with E-state index in [1.54, 1.807) is 6.20 Å². The van der Waals surface area contributed by atoms with E-state index in [0.717, 1.165) is 22.6 Å². The molecule has 3 N–H and O–H groups in total. The summed E-state index contributed by atoms with van der Waals surface area (Å²) in [5.41, 5.74) is 2.33. The Labute approximate surface area is 146 Å². The number of carbonyl (C=O) groups is 1. The molecule has 0 aliphatic carbocycles. The van der Waals surface area contributed by atoms with E-state index in [0.29, 0.717) is 35.6 Å². The van der Waals surface area contributed by atoms with E-state index in [1.165, 1.54) is 11.3 Å². The van der Waals surface area contributed by atoms with E-state index in [4.69, 9.17) is 0 Å². The molecule has 1 fully saturated rings. The summed E-state index contributed by atoms with van der Waals surface area (Å²) in [7, 11) is 0. The third-order valence-corrected chi connectivity index (χ3v) is 5.69. The molecular weight excluding hydrogens is 342 g/mol. The zero-order valence-corrected chi connectivity index (χ0v) is 14.4. The third-order valence-electron chi connectivity index (χ3n) is 4.53. The lowest BCUT2D eigenvalue weighted by atomic mass is 10.2. The quantitative estimate of drug-likeness (QED) is 0.653. The van der Waals surface area contributed by atoms with E-state index in [-0.39, 0.29) is 5.56 Å². The summed E-state index contributed by atoms with van der Waals surface area (Å²) < 4.78 is 0.565. The largest absolute Gasteiger partial charge is 0.480 e. The molecule has 1 aliphatic heterocycles. The summed E-state index contributed by atoms with van der Waals surface area (Å²) >= 11 is 1.38. The summed E-state index contributed by atoms with van der Waals surface area (Å²) in [6, 6.07) is 1.38. The van der Waals surface area contributed by atoms with Crippen molar-refractivity contribution in [3.63, 3.8) is 0 Å². The maximum atomic E-state index is 12.4. The van der Waals surface area contributed by atoms with Gasteiger partial charge < -0.3 is 10.1 Å². The minimum absolute atomic E-state index is 0.191. The highest BCUT2D eigenvalue weighted by Gasteiger charge is 2.30. The second-order valence-electron chi connectivity index (χ2n) is 6.21. The van der Waals surface area contributed by atoms with Crippen molar-refractivity contribution in [2.75, 3.05) is 6.54 Å². The maximum absolute atomic E-state index is 12.4. The number of aryl methyl sites for hydroxylation is 1. The van der Waals surface area contributed by atoms with Crippen LogP contribution in [0, 0.1) is 6.92 Å². The Bertz CT molecular complexity index is 1000.